The number of hydrogen-bond acceptors (Lipinski definition) is 5. The summed E-state index contributed by atoms with van der Waals surface area (Å²) in [5.74, 6) is 0.487. The molecule has 148 valence electrons. The van der Waals surface area contributed by atoms with Gasteiger partial charge in [-0.3, -0.25) is 9.59 Å². The number of aryl methyl sites for hydroxylation is 1. The van der Waals surface area contributed by atoms with E-state index < -0.39 is 17.4 Å². The molecule has 2 atom stereocenters. The maximum absolute atomic E-state index is 12.8. The summed E-state index contributed by atoms with van der Waals surface area (Å²) in [5, 5.41) is 0. The molecule has 0 aliphatic heterocycles. The van der Waals surface area contributed by atoms with E-state index in [0.717, 1.165) is 25.0 Å². The van der Waals surface area contributed by atoms with E-state index in [2.05, 4.69) is 0 Å². The Balaban J connectivity index is 1.66. The van der Waals surface area contributed by atoms with Gasteiger partial charge in [0.25, 0.3) is 0 Å². The van der Waals surface area contributed by atoms with Gasteiger partial charge in [0.1, 0.15) is 5.76 Å². The highest BCUT2D eigenvalue weighted by molar-refractivity contribution is 6.01. The number of hydrogen-bond donors (Lipinski definition) is 0. The highest BCUT2D eigenvalue weighted by Gasteiger charge is 2.73. The molecule has 2 fully saturated rings. The van der Waals surface area contributed by atoms with Crippen LogP contribution in [-0.2, 0) is 37.3 Å². The van der Waals surface area contributed by atoms with Gasteiger partial charge in [0, 0.05) is 5.41 Å². The van der Waals surface area contributed by atoms with E-state index in [1.165, 1.54) is 36.8 Å². The van der Waals surface area contributed by atoms with Crippen LogP contribution >= 0.6 is 0 Å². The average Bonchev–Trinajstić information content (AvgIpc) is 2.98. The first-order valence-electron chi connectivity index (χ1n) is 10.5. The maximum atomic E-state index is 12.8. The van der Waals surface area contributed by atoms with E-state index >= 15 is 0 Å². The lowest BCUT2D eigenvalue weighted by Gasteiger charge is -2.27. The number of rotatable bonds is 5. The van der Waals surface area contributed by atoms with E-state index in [1.807, 2.05) is 6.26 Å². The molecule has 1 heterocycles. The average molecular weight is 374 g/mol. The van der Waals surface area contributed by atoms with E-state index in [1.54, 1.807) is 13.8 Å². The molecule has 4 rings (SSSR count). The zero-order chi connectivity index (χ0) is 19.1. The van der Waals surface area contributed by atoms with Gasteiger partial charge in [-0.15, -0.1) is 0 Å². The molecule has 5 nitrogen and oxygen atoms in total. The van der Waals surface area contributed by atoms with Gasteiger partial charge in [-0.2, -0.15) is 0 Å². The Morgan fingerprint density at radius 3 is 2.37 bits per heavy atom. The fourth-order valence-corrected chi connectivity index (χ4v) is 5.48. The van der Waals surface area contributed by atoms with Gasteiger partial charge in [-0.1, -0.05) is 12.8 Å². The van der Waals surface area contributed by atoms with Crippen molar-refractivity contribution >= 4 is 11.9 Å². The van der Waals surface area contributed by atoms with E-state index in [4.69, 9.17) is 13.9 Å². The minimum absolute atomic E-state index is 0.188. The Labute approximate surface area is 160 Å². The summed E-state index contributed by atoms with van der Waals surface area (Å²) >= 11 is 0. The first-order valence-corrected chi connectivity index (χ1v) is 10.5. The molecule has 0 bridgehead atoms. The molecular formula is C22H30O5. The monoisotopic (exact) mass is 374 g/mol. The molecule has 0 saturated heterocycles. The maximum Gasteiger partial charge on any atom is 0.323 e. The Morgan fingerprint density at radius 1 is 1.04 bits per heavy atom. The number of carbonyl (C=O) groups excluding carboxylic acids is 2. The summed E-state index contributed by atoms with van der Waals surface area (Å²) in [5.41, 5.74) is 1.32. The summed E-state index contributed by atoms with van der Waals surface area (Å²) in [6.45, 7) is 4.09. The molecule has 5 heteroatoms. The Bertz CT molecular complexity index is 715. The Kier molecular flexibility index (Phi) is 4.81. The zero-order valence-corrected chi connectivity index (χ0v) is 16.5. The van der Waals surface area contributed by atoms with Crippen LogP contribution in [0.4, 0.5) is 0 Å². The van der Waals surface area contributed by atoms with Crippen molar-refractivity contribution in [3.63, 3.8) is 0 Å². The molecule has 2 unspecified atom stereocenters. The van der Waals surface area contributed by atoms with Crippen LogP contribution < -0.4 is 0 Å². The van der Waals surface area contributed by atoms with Crippen LogP contribution in [0.5, 0.6) is 0 Å². The van der Waals surface area contributed by atoms with Crippen molar-refractivity contribution in [3.05, 3.63) is 23.2 Å². The summed E-state index contributed by atoms with van der Waals surface area (Å²) in [7, 11) is 0. The molecule has 2 saturated carbocycles. The third-order valence-corrected chi connectivity index (χ3v) is 6.83. The smallest absolute Gasteiger partial charge is 0.323 e. The summed E-state index contributed by atoms with van der Waals surface area (Å²) in [4.78, 5) is 25.6. The number of esters is 2. The van der Waals surface area contributed by atoms with Gasteiger partial charge >= 0.3 is 11.9 Å². The van der Waals surface area contributed by atoms with Gasteiger partial charge in [-0.25, -0.2) is 0 Å². The van der Waals surface area contributed by atoms with E-state index in [0.29, 0.717) is 18.8 Å². The second kappa shape index (κ2) is 6.99. The fourth-order valence-electron chi connectivity index (χ4n) is 5.48. The molecular weight excluding hydrogens is 344 g/mol. The fraction of sp³-hybridized carbons (Fsp3) is 0.727. The number of ether oxygens (including phenoxy) is 2. The molecule has 1 aromatic rings. The second-order valence-electron chi connectivity index (χ2n) is 8.44. The lowest BCUT2D eigenvalue weighted by Crippen LogP contribution is -2.42. The molecule has 1 aromatic heterocycles. The highest BCUT2D eigenvalue weighted by Crippen LogP contribution is 2.71. The van der Waals surface area contributed by atoms with Crippen LogP contribution in [0.25, 0.3) is 0 Å². The predicted molar refractivity (Wildman–Crippen MR) is 99.3 cm³/mol. The second-order valence-corrected chi connectivity index (χ2v) is 8.44. The SMILES string of the molecule is CCOC(=O)C1(C(=O)OCC)CC2CC2(c2occ3c2CCCCCC3)C1. The molecule has 0 aromatic carbocycles. The van der Waals surface area contributed by atoms with Crippen LogP contribution in [-0.4, -0.2) is 25.2 Å². The molecule has 0 spiro atoms. The van der Waals surface area contributed by atoms with Crippen LogP contribution in [0.3, 0.4) is 0 Å². The Hall–Kier alpha value is -1.78. The third kappa shape index (κ3) is 2.90. The van der Waals surface area contributed by atoms with Gasteiger partial charge < -0.3 is 13.9 Å². The highest BCUT2D eigenvalue weighted by atomic mass is 16.6. The lowest BCUT2D eigenvalue weighted by molar-refractivity contribution is -0.172. The third-order valence-electron chi connectivity index (χ3n) is 6.83. The first-order chi connectivity index (χ1) is 13.1. The van der Waals surface area contributed by atoms with Crippen molar-refractivity contribution in [2.24, 2.45) is 11.3 Å². The van der Waals surface area contributed by atoms with Crippen molar-refractivity contribution in [1.82, 2.24) is 0 Å². The van der Waals surface area contributed by atoms with Gasteiger partial charge in [0.15, 0.2) is 5.41 Å². The van der Waals surface area contributed by atoms with Crippen molar-refractivity contribution in [3.8, 4) is 0 Å². The van der Waals surface area contributed by atoms with Crippen LogP contribution in [0.1, 0.15) is 75.7 Å². The summed E-state index contributed by atoms with van der Waals surface area (Å²) in [6, 6.07) is 0. The van der Waals surface area contributed by atoms with Crippen LogP contribution in [0.2, 0.25) is 0 Å². The molecule has 27 heavy (non-hydrogen) atoms. The predicted octanol–water partition coefficient (Wildman–Crippen LogP) is 4.10. The molecule has 0 radical (unpaired) electrons. The van der Waals surface area contributed by atoms with Gasteiger partial charge in [0.05, 0.1) is 19.5 Å². The number of furan rings is 1. The van der Waals surface area contributed by atoms with Crippen LogP contribution in [0.15, 0.2) is 10.7 Å². The van der Waals surface area contributed by atoms with Crippen molar-refractivity contribution in [2.75, 3.05) is 13.2 Å². The minimum atomic E-state index is -1.17. The topological polar surface area (TPSA) is 65.7 Å². The summed E-state index contributed by atoms with van der Waals surface area (Å²) in [6.07, 6.45) is 10.9. The summed E-state index contributed by atoms with van der Waals surface area (Å²) < 4.78 is 16.7. The normalized spacial score (nSPS) is 28.4. The van der Waals surface area contributed by atoms with Gasteiger partial charge in [0.2, 0.25) is 0 Å². The van der Waals surface area contributed by atoms with Crippen LogP contribution in [0, 0.1) is 11.3 Å². The lowest BCUT2D eigenvalue weighted by atomic mass is 9.79. The molecule has 3 aliphatic carbocycles. The number of fused-ring (bicyclic) bond motifs is 2. The van der Waals surface area contributed by atoms with Gasteiger partial charge in [-0.05, 0) is 75.8 Å². The van der Waals surface area contributed by atoms with E-state index in [9.17, 15) is 9.59 Å². The van der Waals surface area contributed by atoms with Crippen molar-refractivity contribution < 1.29 is 23.5 Å². The Morgan fingerprint density at radius 2 is 1.70 bits per heavy atom. The van der Waals surface area contributed by atoms with E-state index in [-0.39, 0.29) is 18.6 Å². The minimum Gasteiger partial charge on any atom is -0.468 e. The molecule has 3 aliphatic rings. The quantitative estimate of drug-likeness (QED) is 0.573. The molecule has 0 amide bonds. The van der Waals surface area contributed by atoms with Crippen molar-refractivity contribution in [1.29, 1.82) is 0 Å². The first kappa shape index (κ1) is 18.6. The molecule has 0 N–H and O–H groups in total. The standard InChI is InChI=1S/C22H30O5/c1-3-25-19(23)22(20(24)26-4-2)12-16-11-21(16,14-22)18-17-10-8-6-5-7-9-15(17)13-27-18/h13,16H,3-12,14H2,1-2H3. The zero-order valence-electron chi connectivity index (χ0n) is 16.5. The number of carbonyl (C=O) groups is 2. The largest absolute Gasteiger partial charge is 0.468 e. The van der Waals surface area contributed by atoms with Crippen molar-refractivity contribution in [2.45, 2.75) is 77.0 Å².